The Kier molecular flexibility index (Phi) is 5.93. The number of benzene rings is 2. The van der Waals surface area contributed by atoms with Crippen molar-refractivity contribution in [2.24, 2.45) is 0 Å². The second-order valence-corrected chi connectivity index (χ2v) is 4.60. The van der Waals surface area contributed by atoms with Gasteiger partial charge in [0.05, 0.1) is 0 Å². The van der Waals surface area contributed by atoms with E-state index in [0.717, 1.165) is 0 Å². The zero-order valence-electron chi connectivity index (χ0n) is 11.8. The first kappa shape index (κ1) is 14.2. The number of hydrogen-bond acceptors (Lipinski definition) is 0. The summed E-state index contributed by atoms with van der Waals surface area (Å²) in [4.78, 5) is 0. The minimum atomic E-state index is 1.28. The maximum atomic E-state index is 2.16. The molecule has 0 heteroatoms. The van der Waals surface area contributed by atoms with Crippen LogP contribution >= 0.6 is 0 Å². The zero-order valence-corrected chi connectivity index (χ0v) is 11.8. The number of allylic oxidation sites excluding steroid dienone is 2. The molecule has 0 nitrogen and oxygen atoms in total. The lowest BCUT2D eigenvalue weighted by Gasteiger charge is -2.00. The van der Waals surface area contributed by atoms with E-state index in [0.29, 0.717) is 0 Å². The number of aryl methyl sites for hydroxylation is 1. The summed E-state index contributed by atoms with van der Waals surface area (Å²) in [6, 6.07) is 19.0. The molecule has 18 heavy (non-hydrogen) atoms. The molecule has 0 saturated carbocycles. The standard InChI is InChI=1S/C13H12.C5H10/c1-11-7-9-13(10-8-11)12-5-3-2-4-6-12;1-4-5(2)3/h2-10H,1H3;4H,1-3H3. The van der Waals surface area contributed by atoms with E-state index in [1.165, 1.54) is 22.3 Å². The first-order valence-corrected chi connectivity index (χ1v) is 6.35. The van der Waals surface area contributed by atoms with E-state index in [9.17, 15) is 0 Å². The maximum Gasteiger partial charge on any atom is -0.0184 e. The van der Waals surface area contributed by atoms with Crippen molar-refractivity contribution in [3.63, 3.8) is 0 Å². The summed E-state index contributed by atoms with van der Waals surface area (Å²) >= 11 is 0. The van der Waals surface area contributed by atoms with Crippen LogP contribution in [0.25, 0.3) is 11.1 Å². The molecule has 2 aromatic rings. The quantitative estimate of drug-likeness (QED) is 0.564. The Bertz CT molecular complexity index is 471. The van der Waals surface area contributed by atoms with Gasteiger partial charge in [0.1, 0.15) is 0 Å². The van der Waals surface area contributed by atoms with Gasteiger partial charge >= 0.3 is 0 Å². The predicted molar refractivity (Wildman–Crippen MR) is 81.7 cm³/mol. The van der Waals surface area contributed by atoms with Crippen molar-refractivity contribution in [3.05, 3.63) is 71.8 Å². The molecule has 0 atom stereocenters. The Morgan fingerprint density at radius 3 is 1.67 bits per heavy atom. The van der Waals surface area contributed by atoms with E-state index in [2.05, 4.69) is 75.4 Å². The minimum absolute atomic E-state index is 1.28. The van der Waals surface area contributed by atoms with Gasteiger partial charge in [-0.15, -0.1) is 0 Å². The molecule has 0 bridgehead atoms. The topological polar surface area (TPSA) is 0 Å². The maximum absolute atomic E-state index is 2.16. The van der Waals surface area contributed by atoms with Gasteiger partial charge < -0.3 is 0 Å². The van der Waals surface area contributed by atoms with Crippen molar-refractivity contribution in [1.82, 2.24) is 0 Å². The molecule has 94 valence electrons. The normalized spacial score (nSPS) is 9.11. The van der Waals surface area contributed by atoms with Crippen LogP contribution in [0.2, 0.25) is 0 Å². The fourth-order valence-corrected chi connectivity index (χ4v) is 1.38. The summed E-state index contributed by atoms with van der Waals surface area (Å²) in [6.07, 6.45) is 2.08. The lowest BCUT2D eigenvalue weighted by Crippen LogP contribution is -1.76. The number of hydrogen-bond donors (Lipinski definition) is 0. The van der Waals surface area contributed by atoms with E-state index >= 15 is 0 Å². The molecular weight excluding hydrogens is 216 g/mol. The van der Waals surface area contributed by atoms with Crippen molar-refractivity contribution < 1.29 is 0 Å². The highest BCUT2D eigenvalue weighted by Gasteiger charge is 1.93. The van der Waals surface area contributed by atoms with Crippen LogP contribution in [-0.2, 0) is 0 Å². The third-order valence-corrected chi connectivity index (χ3v) is 2.74. The van der Waals surface area contributed by atoms with Crippen LogP contribution < -0.4 is 0 Å². The summed E-state index contributed by atoms with van der Waals surface area (Å²) in [7, 11) is 0. The van der Waals surface area contributed by atoms with Crippen LogP contribution in [-0.4, -0.2) is 0 Å². The monoisotopic (exact) mass is 238 g/mol. The van der Waals surface area contributed by atoms with E-state index in [-0.39, 0.29) is 0 Å². The van der Waals surface area contributed by atoms with Gasteiger partial charge in [0, 0.05) is 0 Å². The molecule has 0 aliphatic rings. The molecule has 0 spiro atoms. The first-order chi connectivity index (χ1) is 8.63. The molecule has 2 rings (SSSR count). The van der Waals surface area contributed by atoms with Crippen LogP contribution in [0.4, 0.5) is 0 Å². The average molecular weight is 238 g/mol. The Hall–Kier alpha value is -1.82. The van der Waals surface area contributed by atoms with Gasteiger partial charge in [-0.3, -0.25) is 0 Å². The van der Waals surface area contributed by atoms with Gasteiger partial charge in [-0.1, -0.05) is 71.8 Å². The Balaban J connectivity index is 0.000000280. The second kappa shape index (κ2) is 7.50. The van der Waals surface area contributed by atoms with Crippen LogP contribution in [0, 0.1) is 6.92 Å². The van der Waals surface area contributed by atoms with Gasteiger partial charge in [0.15, 0.2) is 0 Å². The Labute approximate surface area is 111 Å². The molecule has 0 aliphatic carbocycles. The highest BCUT2D eigenvalue weighted by atomic mass is 14.0. The lowest BCUT2D eigenvalue weighted by atomic mass is 10.0. The molecule has 0 amide bonds. The molecular formula is C18H22. The van der Waals surface area contributed by atoms with Crippen molar-refractivity contribution in [2.75, 3.05) is 0 Å². The molecule has 0 aromatic heterocycles. The summed E-state index contributed by atoms with van der Waals surface area (Å²) in [5, 5.41) is 0. The smallest absolute Gasteiger partial charge is 0.0184 e. The Morgan fingerprint density at radius 2 is 1.22 bits per heavy atom. The summed E-state index contributed by atoms with van der Waals surface area (Å²) in [6.45, 7) is 8.31. The van der Waals surface area contributed by atoms with E-state index < -0.39 is 0 Å². The van der Waals surface area contributed by atoms with E-state index in [1.54, 1.807) is 0 Å². The van der Waals surface area contributed by atoms with Crippen molar-refractivity contribution in [3.8, 4) is 11.1 Å². The molecule has 2 aromatic carbocycles. The van der Waals surface area contributed by atoms with Crippen LogP contribution in [0.5, 0.6) is 0 Å². The predicted octanol–water partition coefficient (Wildman–Crippen LogP) is 5.63. The third kappa shape index (κ3) is 5.01. The SMILES string of the molecule is CC=C(C)C.Cc1ccc(-c2ccccc2)cc1. The fourth-order valence-electron chi connectivity index (χ4n) is 1.38. The van der Waals surface area contributed by atoms with Crippen LogP contribution in [0.15, 0.2) is 66.2 Å². The summed E-state index contributed by atoms with van der Waals surface area (Å²) in [5.74, 6) is 0. The molecule has 0 radical (unpaired) electrons. The molecule has 0 N–H and O–H groups in total. The van der Waals surface area contributed by atoms with E-state index in [1.807, 2.05) is 13.0 Å². The van der Waals surface area contributed by atoms with Gasteiger partial charge in [0.2, 0.25) is 0 Å². The molecule has 0 saturated heterocycles. The van der Waals surface area contributed by atoms with Crippen molar-refractivity contribution in [2.45, 2.75) is 27.7 Å². The van der Waals surface area contributed by atoms with Crippen LogP contribution in [0.1, 0.15) is 26.3 Å². The average Bonchev–Trinajstić information content (AvgIpc) is 2.41. The summed E-state index contributed by atoms with van der Waals surface area (Å²) < 4.78 is 0. The van der Waals surface area contributed by atoms with Gasteiger partial charge in [-0.25, -0.2) is 0 Å². The number of rotatable bonds is 1. The highest BCUT2D eigenvalue weighted by molar-refractivity contribution is 5.63. The van der Waals surface area contributed by atoms with Crippen LogP contribution in [0.3, 0.4) is 0 Å². The second-order valence-electron chi connectivity index (χ2n) is 4.60. The summed E-state index contributed by atoms with van der Waals surface area (Å²) in [5.41, 5.74) is 5.25. The van der Waals surface area contributed by atoms with Gasteiger partial charge in [-0.05, 0) is 38.8 Å². The molecule has 0 fully saturated rings. The van der Waals surface area contributed by atoms with Gasteiger partial charge in [-0.2, -0.15) is 0 Å². The Morgan fingerprint density at radius 1 is 0.778 bits per heavy atom. The fraction of sp³-hybridized carbons (Fsp3) is 0.222. The van der Waals surface area contributed by atoms with Crippen molar-refractivity contribution in [1.29, 1.82) is 0 Å². The molecule has 0 aliphatic heterocycles. The third-order valence-electron chi connectivity index (χ3n) is 2.74. The largest absolute Gasteiger partial charge is 0.0890 e. The lowest BCUT2D eigenvalue weighted by molar-refractivity contribution is 1.36. The minimum Gasteiger partial charge on any atom is -0.0890 e. The van der Waals surface area contributed by atoms with E-state index in [4.69, 9.17) is 0 Å². The molecule has 0 unspecified atom stereocenters. The van der Waals surface area contributed by atoms with Crippen molar-refractivity contribution >= 4 is 0 Å². The zero-order chi connectivity index (χ0) is 13.4. The first-order valence-electron chi connectivity index (χ1n) is 6.35. The molecule has 0 heterocycles. The van der Waals surface area contributed by atoms with Gasteiger partial charge in [0.25, 0.3) is 0 Å². The highest BCUT2D eigenvalue weighted by Crippen LogP contribution is 2.18.